The van der Waals surface area contributed by atoms with Crippen LogP contribution in [0, 0.1) is 0 Å². The fourth-order valence-corrected chi connectivity index (χ4v) is 0.966. The van der Waals surface area contributed by atoms with E-state index in [2.05, 4.69) is 15.3 Å². The zero-order valence-corrected chi connectivity index (χ0v) is 8.30. The molecular formula is C7H11N5S. The van der Waals surface area contributed by atoms with Crippen LogP contribution < -0.4 is 16.0 Å². The number of hydrogen-bond acceptors (Lipinski definition) is 4. The van der Waals surface area contributed by atoms with Gasteiger partial charge in [0.1, 0.15) is 12.0 Å². The molecule has 1 heterocycles. The number of nitrogens with two attached hydrogens (primary N) is 1. The van der Waals surface area contributed by atoms with E-state index in [1.807, 2.05) is 0 Å². The van der Waals surface area contributed by atoms with E-state index < -0.39 is 0 Å². The Morgan fingerprint density at radius 2 is 2.38 bits per heavy atom. The minimum absolute atomic E-state index is 0.412. The maximum absolute atomic E-state index is 5.63. The molecule has 0 aliphatic heterocycles. The predicted molar refractivity (Wildman–Crippen MR) is 56.5 cm³/mol. The standard InChI is InChI=1S/C7H11N5S/c1-9-7(13)12(2)5-3-10-4-11-6(5)8/h3-4H,1-2H3,(H,9,13)(H2,8,10,11). The van der Waals surface area contributed by atoms with Gasteiger partial charge in [0.25, 0.3) is 0 Å². The second kappa shape index (κ2) is 3.99. The van der Waals surface area contributed by atoms with Crippen molar-refractivity contribution in [3.05, 3.63) is 12.5 Å². The van der Waals surface area contributed by atoms with Crippen LogP contribution in [0.2, 0.25) is 0 Å². The molecule has 0 aliphatic rings. The van der Waals surface area contributed by atoms with Crippen molar-refractivity contribution in [2.24, 2.45) is 0 Å². The Hall–Kier alpha value is -1.43. The smallest absolute Gasteiger partial charge is 0.173 e. The molecule has 13 heavy (non-hydrogen) atoms. The van der Waals surface area contributed by atoms with Crippen LogP contribution in [0.3, 0.4) is 0 Å². The summed E-state index contributed by atoms with van der Waals surface area (Å²) in [5, 5.41) is 3.41. The van der Waals surface area contributed by atoms with E-state index in [1.165, 1.54) is 6.33 Å². The van der Waals surface area contributed by atoms with Crippen LogP contribution >= 0.6 is 12.2 Å². The zero-order valence-electron chi connectivity index (χ0n) is 7.48. The molecular weight excluding hydrogens is 186 g/mol. The summed E-state index contributed by atoms with van der Waals surface area (Å²) < 4.78 is 0. The third-order valence-corrected chi connectivity index (χ3v) is 2.08. The average molecular weight is 197 g/mol. The number of nitrogens with zero attached hydrogens (tertiary/aromatic N) is 3. The highest BCUT2D eigenvalue weighted by atomic mass is 32.1. The Morgan fingerprint density at radius 1 is 1.69 bits per heavy atom. The van der Waals surface area contributed by atoms with Crippen LogP contribution in [0.25, 0.3) is 0 Å². The topological polar surface area (TPSA) is 67.1 Å². The van der Waals surface area contributed by atoms with Gasteiger partial charge in [-0.2, -0.15) is 0 Å². The van der Waals surface area contributed by atoms with Gasteiger partial charge in [0.15, 0.2) is 10.9 Å². The normalized spacial score (nSPS) is 9.38. The minimum atomic E-state index is 0.412. The summed E-state index contributed by atoms with van der Waals surface area (Å²) in [6.45, 7) is 0. The highest BCUT2D eigenvalue weighted by Crippen LogP contribution is 2.16. The van der Waals surface area contributed by atoms with Crippen molar-refractivity contribution in [3.8, 4) is 0 Å². The first-order valence-electron chi connectivity index (χ1n) is 3.67. The first-order valence-corrected chi connectivity index (χ1v) is 4.08. The van der Waals surface area contributed by atoms with Gasteiger partial charge in [-0.15, -0.1) is 0 Å². The monoisotopic (exact) mass is 197 g/mol. The largest absolute Gasteiger partial charge is 0.382 e. The van der Waals surface area contributed by atoms with Gasteiger partial charge in [0.2, 0.25) is 0 Å². The average Bonchev–Trinajstić information content (AvgIpc) is 2.16. The summed E-state index contributed by atoms with van der Waals surface area (Å²) in [6.07, 6.45) is 3.01. The van der Waals surface area contributed by atoms with E-state index in [0.29, 0.717) is 16.6 Å². The first kappa shape index (κ1) is 9.66. The van der Waals surface area contributed by atoms with Gasteiger partial charge in [0, 0.05) is 14.1 Å². The van der Waals surface area contributed by atoms with Gasteiger partial charge < -0.3 is 16.0 Å². The van der Waals surface area contributed by atoms with E-state index in [1.54, 1.807) is 25.2 Å². The molecule has 0 radical (unpaired) electrons. The molecule has 0 fully saturated rings. The fourth-order valence-electron chi connectivity index (χ4n) is 0.867. The quantitative estimate of drug-likeness (QED) is 0.618. The van der Waals surface area contributed by atoms with E-state index in [9.17, 15) is 0 Å². The van der Waals surface area contributed by atoms with Crippen LogP contribution in [-0.2, 0) is 0 Å². The van der Waals surface area contributed by atoms with E-state index >= 15 is 0 Å². The summed E-state index contributed by atoms with van der Waals surface area (Å²) in [7, 11) is 3.55. The highest BCUT2D eigenvalue weighted by molar-refractivity contribution is 7.80. The summed E-state index contributed by atoms with van der Waals surface area (Å²) >= 11 is 5.02. The lowest BCUT2D eigenvalue weighted by Gasteiger charge is -2.19. The molecule has 0 aliphatic carbocycles. The van der Waals surface area contributed by atoms with Gasteiger partial charge in [-0.3, -0.25) is 0 Å². The minimum Gasteiger partial charge on any atom is -0.382 e. The Labute approximate surface area is 82.0 Å². The molecule has 0 saturated heterocycles. The number of nitrogens with one attached hydrogen (secondary N) is 1. The fraction of sp³-hybridized carbons (Fsp3) is 0.286. The lowest BCUT2D eigenvalue weighted by atomic mass is 10.4. The molecule has 5 nitrogen and oxygen atoms in total. The predicted octanol–water partition coefficient (Wildman–Crippen LogP) is -0.000700. The Balaban J connectivity index is 2.95. The molecule has 6 heteroatoms. The summed E-state index contributed by atoms with van der Waals surface area (Å²) in [5.41, 5.74) is 6.33. The van der Waals surface area contributed by atoms with Crippen molar-refractivity contribution in [3.63, 3.8) is 0 Å². The third kappa shape index (κ3) is 2.03. The maximum atomic E-state index is 5.63. The van der Waals surface area contributed by atoms with E-state index in [-0.39, 0.29) is 0 Å². The summed E-state index contributed by atoms with van der Waals surface area (Å²) in [4.78, 5) is 9.43. The van der Waals surface area contributed by atoms with Crippen LogP contribution in [0.15, 0.2) is 12.5 Å². The summed E-state index contributed by atoms with van der Waals surface area (Å²) in [5.74, 6) is 0.412. The molecule has 0 bridgehead atoms. The van der Waals surface area contributed by atoms with Crippen molar-refractivity contribution in [2.45, 2.75) is 0 Å². The number of thiocarbonyl (C=S) groups is 1. The molecule has 0 amide bonds. The van der Waals surface area contributed by atoms with Crippen LogP contribution in [0.1, 0.15) is 0 Å². The number of rotatable bonds is 1. The molecule has 0 aromatic carbocycles. The van der Waals surface area contributed by atoms with Gasteiger partial charge in [-0.1, -0.05) is 0 Å². The van der Waals surface area contributed by atoms with Gasteiger partial charge in [-0.25, -0.2) is 9.97 Å². The number of nitrogen functional groups attached to an aromatic ring is 1. The van der Waals surface area contributed by atoms with E-state index in [0.717, 1.165) is 0 Å². The van der Waals surface area contributed by atoms with Crippen molar-refractivity contribution >= 4 is 28.8 Å². The van der Waals surface area contributed by atoms with Crippen LogP contribution in [-0.4, -0.2) is 29.2 Å². The first-order chi connectivity index (χ1) is 6.16. The van der Waals surface area contributed by atoms with E-state index in [4.69, 9.17) is 18.0 Å². The van der Waals surface area contributed by atoms with Crippen molar-refractivity contribution in [2.75, 3.05) is 24.7 Å². The molecule has 0 atom stereocenters. The number of anilines is 2. The third-order valence-electron chi connectivity index (χ3n) is 1.60. The van der Waals surface area contributed by atoms with Crippen LogP contribution in [0.5, 0.6) is 0 Å². The van der Waals surface area contributed by atoms with Crippen molar-refractivity contribution < 1.29 is 0 Å². The lowest BCUT2D eigenvalue weighted by molar-refractivity contribution is 1.09. The molecule has 1 aromatic rings. The van der Waals surface area contributed by atoms with Crippen molar-refractivity contribution in [1.82, 2.24) is 15.3 Å². The SMILES string of the molecule is CNC(=S)N(C)c1cncnc1N. The molecule has 3 N–H and O–H groups in total. The Bertz CT molecular complexity index is 314. The number of aromatic nitrogens is 2. The number of hydrogen-bond donors (Lipinski definition) is 2. The van der Waals surface area contributed by atoms with Crippen molar-refractivity contribution in [1.29, 1.82) is 0 Å². The zero-order chi connectivity index (χ0) is 9.84. The van der Waals surface area contributed by atoms with Gasteiger partial charge >= 0.3 is 0 Å². The van der Waals surface area contributed by atoms with Gasteiger partial charge in [-0.05, 0) is 12.2 Å². The second-order valence-corrected chi connectivity index (χ2v) is 2.79. The highest BCUT2D eigenvalue weighted by Gasteiger charge is 2.08. The Morgan fingerprint density at radius 3 is 2.92 bits per heavy atom. The molecule has 0 saturated carbocycles. The van der Waals surface area contributed by atoms with Gasteiger partial charge in [0.05, 0.1) is 6.20 Å². The maximum Gasteiger partial charge on any atom is 0.173 e. The lowest BCUT2D eigenvalue weighted by Crippen LogP contribution is -2.35. The molecule has 1 aromatic heterocycles. The molecule has 70 valence electrons. The van der Waals surface area contributed by atoms with Crippen LogP contribution in [0.4, 0.5) is 11.5 Å². The summed E-state index contributed by atoms with van der Waals surface area (Å²) in [6, 6.07) is 0. The molecule has 0 spiro atoms. The molecule has 0 unspecified atom stereocenters. The second-order valence-electron chi connectivity index (χ2n) is 2.41. The molecule has 1 rings (SSSR count). The Kier molecular flexibility index (Phi) is 2.97.